The molecule has 5 aromatic rings. The first-order valence-corrected chi connectivity index (χ1v) is 9.60. The fraction of sp³-hybridized carbons (Fsp3) is 0. The van der Waals surface area contributed by atoms with E-state index in [0.29, 0.717) is 5.56 Å². The molecular formula is C27H19NO. The summed E-state index contributed by atoms with van der Waals surface area (Å²) >= 11 is 0. The van der Waals surface area contributed by atoms with Gasteiger partial charge in [-0.2, -0.15) is 0 Å². The van der Waals surface area contributed by atoms with Gasteiger partial charge in [0, 0.05) is 22.9 Å². The van der Waals surface area contributed by atoms with E-state index in [1.54, 1.807) is 0 Å². The van der Waals surface area contributed by atoms with Crippen LogP contribution in [0.15, 0.2) is 97.1 Å². The molecule has 29 heavy (non-hydrogen) atoms. The molecule has 5 rings (SSSR count). The lowest BCUT2D eigenvalue weighted by Gasteiger charge is -2.18. The van der Waals surface area contributed by atoms with Crippen LogP contribution in [0.3, 0.4) is 0 Å². The number of benzene rings is 5. The van der Waals surface area contributed by atoms with Crippen molar-refractivity contribution in [3.63, 3.8) is 0 Å². The summed E-state index contributed by atoms with van der Waals surface area (Å²) in [5.41, 5.74) is 4.44. The van der Waals surface area contributed by atoms with Crippen LogP contribution in [-0.2, 0) is 0 Å². The number of fused-ring (bicyclic) bond motifs is 2. The standard InChI is InChI=1S/C27H19NO/c28-17-21-16-20-11-5-7-13-23(20)26(27(21)29)25-22-12-6-4-10-19(22)14-15-24(25)18-8-2-1-3-9-18/h1-17,28-29H. The molecule has 0 aliphatic heterocycles. The van der Waals surface area contributed by atoms with Gasteiger partial charge < -0.3 is 10.5 Å². The van der Waals surface area contributed by atoms with E-state index < -0.39 is 0 Å². The van der Waals surface area contributed by atoms with Crippen molar-refractivity contribution >= 4 is 27.8 Å². The van der Waals surface area contributed by atoms with E-state index in [2.05, 4.69) is 36.4 Å². The summed E-state index contributed by atoms with van der Waals surface area (Å²) in [4.78, 5) is 0. The number of nitrogens with one attached hydrogen (secondary N) is 1. The molecule has 2 nitrogen and oxygen atoms in total. The molecule has 0 saturated carbocycles. The molecule has 2 heteroatoms. The first-order valence-electron chi connectivity index (χ1n) is 9.60. The third-order valence-corrected chi connectivity index (χ3v) is 5.47. The second kappa shape index (κ2) is 6.92. The van der Waals surface area contributed by atoms with Crippen molar-refractivity contribution in [2.45, 2.75) is 0 Å². The van der Waals surface area contributed by atoms with Gasteiger partial charge in [0.1, 0.15) is 5.75 Å². The minimum Gasteiger partial charge on any atom is -0.507 e. The highest BCUT2D eigenvalue weighted by atomic mass is 16.3. The van der Waals surface area contributed by atoms with Gasteiger partial charge >= 0.3 is 0 Å². The Bertz CT molecular complexity index is 1370. The summed E-state index contributed by atoms with van der Waals surface area (Å²) in [5.74, 6) is 0.146. The summed E-state index contributed by atoms with van der Waals surface area (Å²) in [5, 5.41) is 23.2. The van der Waals surface area contributed by atoms with Crippen LogP contribution in [0, 0.1) is 5.41 Å². The van der Waals surface area contributed by atoms with Crippen molar-refractivity contribution < 1.29 is 5.11 Å². The van der Waals surface area contributed by atoms with Gasteiger partial charge in [0.25, 0.3) is 0 Å². The lowest BCUT2D eigenvalue weighted by molar-refractivity contribution is 0.477. The van der Waals surface area contributed by atoms with Crippen LogP contribution in [0.1, 0.15) is 5.56 Å². The Morgan fingerprint density at radius 2 is 1.24 bits per heavy atom. The van der Waals surface area contributed by atoms with E-state index >= 15 is 0 Å². The normalized spacial score (nSPS) is 11.0. The zero-order valence-corrected chi connectivity index (χ0v) is 15.8. The van der Waals surface area contributed by atoms with Gasteiger partial charge in [-0.1, -0.05) is 91.0 Å². The highest BCUT2D eigenvalue weighted by Crippen LogP contribution is 2.46. The number of phenolic OH excluding ortho intramolecular Hbond substituents is 1. The summed E-state index contributed by atoms with van der Waals surface area (Å²) < 4.78 is 0. The van der Waals surface area contributed by atoms with Crippen LogP contribution in [0.2, 0.25) is 0 Å². The minimum atomic E-state index is 0.146. The number of aromatic hydroxyl groups is 1. The molecular weight excluding hydrogens is 354 g/mol. The largest absolute Gasteiger partial charge is 0.507 e. The highest BCUT2D eigenvalue weighted by molar-refractivity contribution is 6.14. The third-order valence-electron chi connectivity index (χ3n) is 5.47. The lowest BCUT2D eigenvalue weighted by atomic mass is 9.86. The van der Waals surface area contributed by atoms with E-state index in [1.165, 1.54) is 6.21 Å². The van der Waals surface area contributed by atoms with Crippen LogP contribution in [0.5, 0.6) is 5.75 Å². The van der Waals surface area contributed by atoms with Gasteiger partial charge in [-0.3, -0.25) is 0 Å². The Labute approximate surface area is 169 Å². The zero-order valence-electron chi connectivity index (χ0n) is 15.8. The monoisotopic (exact) mass is 373 g/mol. The van der Waals surface area contributed by atoms with Crippen molar-refractivity contribution in [3.8, 4) is 28.0 Å². The average molecular weight is 373 g/mol. The number of rotatable bonds is 3. The zero-order chi connectivity index (χ0) is 19.8. The SMILES string of the molecule is N=Cc1cc2ccccc2c(-c2c(-c3ccccc3)ccc3ccccc23)c1O. The third kappa shape index (κ3) is 2.77. The fourth-order valence-corrected chi connectivity index (χ4v) is 4.12. The first kappa shape index (κ1) is 17.2. The molecule has 0 unspecified atom stereocenters. The van der Waals surface area contributed by atoms with Crippen molar-refractivity contribution in [1.82, 2.24) is 0 Å². The number of phenols is 1. The van der Waals surface area contributed by atoms with E-state index in [1.807, 2.05) is 60.7 Å². The Kier molecular flexibility index (Phi) is 4.10. The summed E-state index contributed by atoms with van der Waals surface area (Å²) in [7, 11) is 0. The van der Waals surface area contributed by atoms with Crippen LogP contribution < -0.4 is 0 Å². The van der Waals surface area contributed by atoms with Gasteiger partial charge in [0.05, 0.1) is 0 Å². The van der Waals surface area contributed by atoms with Gasteiger partial charge in [0.2, 0.25) is 0 Å². The predicted molar refractivity (Wildman–Crippen MR) is 122 cm³/mol. The molecule has 138 valence electrons. The van der Waals surface area contributed by atoms with Gasteiger partial charge in [-0.05, 0) is 38.7 Å². The van der Waals surface area contributed by atoms with E-state index in [-0.39, 0.29) is 5.75 Å². The second-order valence-electron chi connectivity index (χ2n) is 7.13. The summed E-state index contributed by atoms with van der Waals surface area (Å²) in [6, 6.07) is 32.6. The van der Waals surface area contributed by atoms with E-state index in [0.717, 1.165) is 43.8 Å². The summed E-state index contributed by atoms with van der Waals surface area (Å²) in [6.45, 7) is 0. The molecule has 0 aromatic heterocycles. The molecule has 0 aliphatic carbocycles. The Morgan fingerprint density at radius 1 is 0.621 bits per heavy atom. The van der Waals surface area contributed by atoms with Crippen LogP contribution in [0.25, 0.3) is 43.8 Å². The number of hydrogen-bond acceptors (Lipinski definition) is 2. The van der Waals surface area contributed by atoms with Gasteiger partial charge in [-0.25, -0.2) is 0 Å². The molecule has 0 radical (unpaired) electrons. The van der Waals surface area contributed by atoms with Crippen molar-refractivity contribution in [2.24, 2.45) is 0 Å². The highest BCUT2D eigenvalue weighted by Gasteiger charge is 2.19. The predicted octanol–water partition coefficient (Wildman–Crippen LogP) is 7.03. The molecule has 0 heterocycles. The topological polar surface area (TPSA) is 44.1 Å². The van der Waals surface area contributed by atoms with Crippen molar-refractivity contribution in [3.05, 3.63) is 103 Å². The number of hydrogen-bond donors (Lipinski definition) is 2. The molecule has 0 aliphatic rings. The quantitative estimate of drug-likeness (QED) is 0.328. The maximum atomic E-state index is 11.2. The maximum absolute atomic E-state index is 11.2. The molecule has 0 fully saturated rings. The molecule has 0 bridgehead atoms. The Balaban J connectivity index is 2.01. The Morgan fingerprint density at radius 3 is 1.97 bits per heavy atom. The molecule has 0 spiro atoms. The van der Waals surface area contributed by atoms with Crippen LogP contribution in [0.4, 0.5) is 0 Å². The molecule has 0 atom stereocenters. The Hall–Kier alpha value is -3.91. The summed E-state index contributed by atoms with van der Waals surface area (Å²) in [6.07, 6.45) is 1.22. The molecule has 0 saturated heterocycles. The lowest BCUT2D eigenvalue weighted by Crippen LogP contribution is -1.93. The van der Waals surface area contributed by atoms with E-state index in [4.69, 9.17) is 5.41 Å². The van der Waals surface area contributed by atoms with Crippen LogP contribution in [-0.4, -0.2) is 11.3 Å². The molecule has 2 N–H and O–H groups in total. The maximum Gasteiger partial charge on any atom is 0.132 e. The minimum absolute atomic E-state index is 0.146. The van der Waals surface area contributed by atoms with Crippen LogP contribution >= 0.6 is 0 Å². The first-order chi connectivity index (χ1) is 14.3. The smallest absolute Gasteiger partial charge is 0.132 e. The molecule has 5 aromatic carbocycles. The van der Waals surface area contributed by atoms with Crippen molar-refractivity contribution in [1.29, 1.82) is 5.41 Å². The van der Waals surface area contributed by atoms with Gasteiger partial charge in [0.15, 0.2) is 0 Å². The van der Waals surface area contributed by atoms with Gasteiger partial charge in [-0.15, -0.1) is 0 Å². The fourth-order valence-electron chi connectivity index (χ4n) is 4.12. The average Bonchev–Trinajstić information content (AvgIpc) is 2.79. The second-order valence-corrected chi connectivity index (χ2v) is 7.13. The molecule has 0 amide bonds. The van der Waals surface area contributed by atoms with E-state index in [9.17, 15) is 5.11 Å². The van der Waals surface area contributed by atoms with Crippen molar-refractivity contribution in [2.75, 3.05) is 0 Å².